The van der Waals surface area contributed by atoms with Crippen molar-refractivity contribution in [2.24, 2.45) is 0 Å². The van der Waals surface area contributed by atoms with Gasteiger partial charge in [-0.1, -0.05) is 36.4 Å². The number of para-hydroxylation sites is 1. The van der Waals surface area contributed by atoms with Gasteiger partial charge in [-0.15, -0.1) is 0 Å². The van der Waals surface area contributed by atoms with Crippen LogP contribution in [0.15, 0.2) is 79.1 Å². The normalized spacial score (nSPS) is 11.5. The lowest BCUT2D eigenvalue weighted by Crippen LogP contribution is -2.04. The molecule has 0 atom stereocenters. The minimum absolute atomic E-state index is 0.429. The molecule has 0 amide bonds. The number of aromatic nitrogens is 2. The lowest BCUT2D eigenvalue weighted by molar-refractivity contribution is -0.137. The number of pyridine rings is 2. The second kappa shape index (κ2) is 7.31. The predicted octanol–water partition coefficient (Wildman–Crippen LogP) is 5.93. The molecule has 0 saturated heterocycles. The van der Waals surface area contributed by atoms with Crippen molar-refractivity contribution in [3.05, 3.63) is 90.3 Å². The second-order valence-corrected chi connectivity index (χ2v) is 6.37. The summed E-state index contributed by atoms with van der Waals surface area (Å²) in [5.74, 6) is 0. The van der Waals surface area contributed by atoms with Crippen molar-refractivity contribution in [1.29, 1.82) is 0 Å². The standard InChI is InChI=1S/C22H16F3N3/c23-22(24,25)18-7-1-6-17(12-18)19-10-9-16-5-2-8-20(21(16)28-19)27-14-15-4-3-11-26-13-15/h1-13,27H,14H2. The van der Waals surface area contributed by atoms with Crippen LogP contribution in [-0.4, -0.2) is 9.97 Å². The van der Waals surface area contributed by atoms with Crippen LogP contribution < -0.4 is 5.32 Å². The Balaban J connectivity index is 1.70. The molecule has 0 spiro atoms. The molecule has 2 aromatic carbocycles. The molecule has 0 radical (unpaired) electrons. The lowest BCUT2D eigenvalue weighted by Gasteiger charge is -2.12. The van der Waals surface area contributed by atoms with E-state index in [-0.39, 0.29) is 0 Å². The van der Waals surface area contributed by atoms with Crippen LogP contribution >= 0.6 is 0 Å². The highest BCUT2D eigenvalue weighted by molar-refractivity contribution is 5.92. The van der Waals surface area contributed by atoms with E-state index in [1.807, 2.05) is 36.4 Å². The summed E-state index contributed by atoms with van der Waals surface area (Å²) in [4.78, 5) is 8.73. The van der Waals surface area contributed by atoms with E-state index in [9.17, 15) is 13.2 Å². The zero-order valence-electron chi connectivity index (χ0n) is 14.7. The van der Waals surface area contributed by atoms with Gasteiger partial charge in [-0.2, -0.15) is 13.2 Å². The van der Waals surface area contributed by atoms with Crippen LogP contribution in [0.1, 0.15) is 11.1 Å². The van der Waals surface area contributed by atoms with Crippen molar-refractivity contribution >= 4 is 16.6 Å². The van der Waals surface area contributed by atoms with Gasteiger partial charge in [0.1, 0.15) is 0 Å². The highest BCUT2D eigenvalue weighted by Crippen LogP contribution is 2.32. The summed E-state index contributed by atoms with van der Waals surface area (Å²) in [6.07, 6.45) is -0.896. The Labute approximate surface area is 159 Å². The van der Waals surface area contributed by atoms with Gasteiger partial charge in [0, 0.05) is 29.9 Å². The van der Waals surface area contributed by atoms with Crippen molar-refractivity contribution in [3.8, 4) is 11.3 Å². The van der Waals surface area contributed by atoms with Gasteiger partial charge in [-0.3, -0.25) is 4.98 Å². The number of hydrogen-bond acceptors (Lipinski definition) is 3. The van der Waals surface area contributed by atoms with E-state index in [2.05, 4.69) is 15.3 Å². The zero-order chi connectivity index (χ0) is 19.6. The molecule has 2 heterocycles. The fourth-order valence-corrected chi connectivity index (χ4v) is 3.01. The highest BCUT2D eigenvalue weighted by Gasteiger charge is 2.30. The van der Waals surface area contributed by atoms with Crippen molar-refractivity contribution in [2.45, 2.75) is 12.7 Å². The van der Waals surface area contributed by atoms with Crippen LogP contribution in [0.3, 0.4) is 0 Å². The van der Waals surface area contributed by atoms with Crippen LogP contribution in [0.2, 0.25) is 0 Å². The van der Waals surface area contributed by atoms with Crippen LogP contribution in [0, 0.1) is 0 Å². The first-order chi connectivity index (χ1) is 13.5. The molecule has 1 N–H and O–H groups in total. The van der Waals surface area contributed by atoms with E-state index >= 15 is 0 Å². The van der Waals surface area contributed by atoms with E-state index in [0.29, 0.717) is 23.3 Å². The summed E-state index contributed by atoms with van der Waals surface area (Å²) >= 11 is 0. The van der Waals surface area contributed by atoms with Crippen LogP contribution in [0.25, 0.3) is 22.2 Å². The molecule has 0 aliphatic carbocycles. The number of anilines is 1. The number of hydrogen-bond donors (Lipinski definition) is 1. The number of nitrogens with one attached hydrogen (secondary N) is 1. The molecule has 6 heteroatoms. The van der Waals surface area contributed by atoms with Gasteiger partial charge < -0.3 is 5.32 Å². The van der Waals surface area contributed by atoms with Crippen LogP contribution in [0.4, 0.5) is 18.9 Å². The smallest absolute Gasteiger partial charge is 0.379 e. The maximum absolute atomic E-state index is 13.0. The molecule has 28 heavy (non-hydrogen) atoms. The maximum atomic E-state index is 13.0. The third kappa shape index (κ3) is 3.81. The minimum Gasteiger partial charge on any atom is -0.379 e. The van der Waals surface area contributed by atoms with Gasteiger partial charge in [-0.05, 0) is 35.9 Å². The molecule has 0 saturated carbocycles. The number of benzene rings is 2. The molecule has 0 fully saturated rings. The Kier molecular flexibility index (Phi) is 4.69. The van der Waals surface area contributed by atoms with Gasteiger partial charge >= 0.3 is 6.18 Å². The quantitative estimate of drug-likeness (QED) is 0.478. The molecule has 4 aromatic rings. The Morgan fingerprint density at radius 2 is 1.75 bits per heavy atom. The van der Waals surface area contributed by atoms with Crippen LogP contribution in [-0.2, 0) is 12.7 Å². The van der Waals surface area contributed by atoms with E-state index in [1.165, 1.54) is 6.07 Å². The summed E-state index contributed by atoms with van der Waals surface area (Å²) in [7, 11) is 0. The van der Waals surface area contributed by atoms with Crippen molar-refractivity contribution in [3.63, 3.8) is 0 Å². The second-order valence-electron chi connectivity index (χ2n) is 6.37. The summed E-state index contributed by atoms with van der Waals surface area (Å²) in [6.45, 7) is 0.572. The molecule has 140 valence electrons. The number of halogens is 3. The van der Waals surface area contributed by atoms with E-state index in [1.54, 1.807) is 24.5 Å². The third-order valence-electron chi connectivity index (χ3n) is 4.41. The molecular formula is C22H16F3N3. The van der Waals surface area contributed by atoms with E-state index < -0.39 is 11.7 Å². The summed E-state index contributed by atoms with van der Waals surface area (Å²) in [5, 5.41) is 4.24. The minimum atomic E-state index is -4.39. The third-order valence-corrected chi connectivity index (χ3v) is 4.41. The number of fused-ring (bicyclic) bond motifs is 1. The fraction of sp³-hybridized carbons (Fsp3) is 0.0909. The maximum Gasteiger partial charge on any atom is 0.416 e. The van der Waals surface area contributed by atoms with E-state index in [4.69, 9.17) is 0 Å². The average Bonchev–Trinajstić information content (AvgIpc) is 2.72. The van der Waals surface area contributed by atoms with Gasteiger partial charge in [0.2, 0.25) is 0 Å². The average molecular weight is 379 g/mol. The Morgan fingerprint density at radius 1 is 0.893 bits per heavy atom. The molecule has 4 rings (SSSR count). The largest absolute Gasteiger partial charge is 0.416 e. The molecule has 2 aromatic heterocycles. The topological polar surface area (TPSA) is 37.8 Å². The summed E-state index contributed by atoms with van der Waals surface area (Å²) in [6, 6.07) is 18.4. The van der Waals surface area contributed by atoms with Crippen molar-refractivity contribution in [2.75, 3.05) is 5.32 Å². The number of rotatable bonds is 4. The Bertz CT molecular complexity index is 1110. The molecule has 0 aliphatic heterocycles. The van der Waals surface area contributed by atoms with Gasteiger partial charge in [0.25, 0.3) is 0 Å². The Morgan fingerprint density at radius 3 is 2.54 bits per heavy atom. The Hall–Kier alpha value is -3.41. The van der Waals surface area contributed by atoms with Crippen LogP contribution in [0.5, 0.6) is 0 Å². The summed E-state index contributed by atoms with van der Waals surface area (Å²) in [5.41, 5.74) is 2.79. The lowest BCUT2D eigenvalue weighted by atomic mass is 10.1. The molecule has 0 aliphatic rings. The summed E-state index contributed by atoms with van der Waals surface area (Å²) < 4.78 is 39.1. The van der Waals surface area contributed by atoms with Gasteiger partial charge in [0.15, 0.2) is 0 Å². The zero-order valence-corrected chi connectivity index (χ0v) is 14.7. The monoisotopic (exact) mass is 379 g/mol. The molecule has 3 nitrogen and oxygen atoms in total. The molecule has 0 bridgehead atoms. The first-order valence-electron chi connectivity index (χ1n) is 8.71. The SMILES string of the molecule is FC(F)(F)c1cccc(-c2ccc3cccc(NCc4cccnc4)c3n2)c1. The van der Waals surface area contributed by atoms with E-state index in [0.717, 1.165) is 28.8 Å². The highest BCUT2D eigenvalue weighted by atomic mass is 19.4. The first-order valence-corrected chi connectivity index (χ1v) is 8.71. The predicted molar refractivity (Wildman–Crippen MR) is 104 cm³/mol. The van der Waals surface area contributed by atoms with Crippen molar-refractivity contribution < 1.29 is 13.2 Å². The first kappa shape index (κ1) is 18.0. The van der Waals surface area contributed by atoms with Gasteiger partial charge in [-0.25, -0.2) is 4.98 Å². The van der Waals surface area contributed by atoms with Crippen molar-refractivity contribution in [1.82, 2.24) is 9.97 Å². The fourth-order valence-electron chi connectivity index (χ4n) is 3.01. The van der Waals surface area contributed by atoms with Gasteiger partial charge in [0.05, 0.1) is 22.5 Å². The molecular weight excluding hydrogens is 363 g/mol. The number of nitrogens with zero attached hydrogens (tertiary/aromatic N) is 2. The molecule has 0 unspecified atom stereocenters. The number of alkyl halides is 3.